The number of esters is 1. The molecule has 16 saturated heterocycles. The molecule has 16 rings (SSSR count). The third-order valence-corrected chi connectivity index (χ3v) is 21.9. The summed E-state index contributed by atoms with van der Waals surface area (Å²) in [6.07, 6.45) is 2.17. The van der Waals surface area contributed by atoms with E-state index in [1.165, 1.54) is 0 Å². The molecule has 0 aromatic carbocycles. The maximum Gasteiger partial charge on any atom is 0.308 e. The second-order valence-corrected chi connectivity index (χ2v) is 27.5. The monoisotopic (exact) mass is 1110 g/mol. The summed E-state index contributed by atoms with van der Waals surface area (Å²) >= 11 is 0. The molecule has 0 aliphatic carbocycles. The summed E-state index contributed by atoms with van der Waals surface area (Å²) in [5, 5.41) is 30.3. The molecule has 0 aromatic heterocycles. The third-order valence-electron chi connectivity index (χ3n) is 21.9. The number of rotatable bonds is 4. The minimum absolute atomic E-state index is 0.0143. The average Bonchev–Trinajstić information content (AvgIpc) is 4.25. The molecule has 16 aliphatic rings. The SMILES string of the molecule is C=C1C[C@@H]2CC[C@@]34CC5O[C@H]6C(O3)[C@H]3O[C@H](CC[C@@H]3O[C@H]6[C@H]5O4)CC(=O)O[C@@H]3[C@@H](C)[C@@H]4O[C@@H]5C[C@]6(C[C@@H]7O[C@]8(C[C@H](C)[C@@H]9O[C@H]([C@@H](O)C[C@@H](O)CO)C[C@@H]9O8)C[C@H](C)[C@@H]7O6)O[C@@H]5C[C@@H]4O[C@H]3C[C@H]3O[C@@H](CC[C@@H]1O2)C[C@@H](C)C3=C. The zero-order chi connectivity index (χ0) is 54.0. The largest absolute Gasteiger partial charge is 0.459 e. The van der Waals surface area contributed by atoms with E-state index in [1.54, 1.807) is 0 Å². The van der Waals surface area contributed by atoms with Crippen LogP contribution < -0.4 is 0 Å². The Morgan fingerprint density at radius 1 is 0.506 bits per heavy atom. The average molecular weight is 1110 g/mol. The first-order valence-electron chi connectivity index (χ1n) is 30.8. The highest BCUT2D eigenvalue weighted by molar-refractivity contribution is 5.70. The van der Waals surface area contributed by atoms with Crippen molar-refractivity contribution in [2.24, 2.45) is 23.7 Å². The molecular weight excluding hydrogens is 1020 g/mol. The Morgan fingerprint density at radius 3 is 2.03 bits per heavy atom. The highest BCUT2D eigenvalue weighted by Crippen LogP contribution is 2.58. The second kappa shape index (κ2) is 20.2. The minimum Gasteiger partial charge on any atom is -0.459 e. The van der Waals surface area contributed by atoms with Gasteiger partial charge in [-0.25, -0.2) is 0 Å². The quantitative estimate of drug-likeness (QED) is 0.251. The summed E-state index contributed by atoms with van der Waals surface area (Å²) < 4.78 is 104. The van der Waals surface area contributed by atoms with E-state index in [-0.39, 0.29) is 146 Å². The number of aliphatic hydroxyl groups is 3. The van der Waals surface area contributed by atoms with E-state index in [1.807, 2.05) is 0 Å². The molecule has 32 atom stereocenters. The summed E-state index contributed by atoms with van der Waals surface area (Å²) in [4.78, 5) is 14.6. The standard InChI is InChI=1S/C60H86O19/c1-26-13-33-7-9-37-27(2)14-35(65-37)11-12-58-23-46-54(78-58)55-56(72-46)57(79-58)53-38(69-55)10-8-34(67-53)16-48(64)73-52-31(6)51-43(68-42(52)17-39(66-33)30(26)5)19-41-45(71-51)22-60(74-41)24-47-50(77-60)29(4)21-59(76-47)20-28(3)49-44(75-59)18-40(70-49)36(63)15-32(62)25-61/h26,28-29,31-47,49-57,61-63H,2,5,7-25H2,1,3-4,6H3/t26-,28+,29+,31+,32-,33+,34-,35+,36+,37+,38+,39-,40+,41-,42+,43+,44+,45-,46?,47+,49+,50+,51+,52-,53+,54+,55+,56-,57?,58+,59-,60+/m1/s1. The Balaban J connectivity index is 0.655. The summed E-state index contributed by atoms with van der Waals surface area (Å²) in [7, 11) is 0. The lowest BCUT2D eigenvalue weighted by atomic mass is 9.79. The minimum atomic E-state index is -1.02. The van der Waals surface area contributed by atoms with E-state index in [2.05, 4.69) is 40.9 Å². The molecule has 440 valence electrons. The van der Waals surface area contributed by atoms with Crippen LogP contribution in [0.1, 0.15) is 143 Å². The fourth-order valence-electron chi connectivity index (χ4n) is 18.2. The second-order valence-electron chi connectivity index (χ2n) is 27.5. The van der Waals surface area contributed by atoms with E-state index in [0.717, 1.165) is 49.7 Å². The van der Waals surface area contributed by atoms with E-state index < -0.39 is 72.8 Å². The number of carbonyl (C=O) groups is 1. The molecule has 3 N–H and O–H groups in total. The third kappa shape index (κ3) is 9.43. The molecule has 16 heterocycles. The van der Waals surface area contributed by atoms with Gasteiger partial charge >= 0.3 is 5.97 Å². The smallest absolute Gasteiger partial charge is 0.308 e. The molecular formula is C60H86O19. The van der Waals surface area contributed by atoms with Crippen LogP contribution in [0.25, 0.3) is 0 Å². The molecule has 12 bridgehead atoms. The lowest BCUT2D eigenvalue weighted by Crippen LogP contribution is -2.62. The number of aliphatic hydroxyl groups excluding tert-OH is 3. The van der Waals surface area contributed by atoms with Gasteiger partial charge in [0.1, 0.15) is 36.6 Å². The molecule has 16 fully saturated rings. The summed E-state index contributed by atoms with van der Waals surface area (Å²) in [5.74, 6) is -2.77. The predicted molar refractivity (Wildman–Crippen MR) is 274 cm³/mol. The van der Waals surface area contributed by atoms with E-state index in [9.17, 15) is 20.1 Å². The molecule has 0 amide bonds. The van der Waals surface area contributed by atoms with Gasteiger partial charge in [-0.3, -0.25) is 4.79 Å². The Kier molecular flexibility index (Phi) is 13.8. The zero-order valence-corrected chi connectivity index (χ0v) is 46.5. The van der Waals surface area contributed by atoms with Crippen LogP contribution in [0.2, 0.25) is 0 Å². The number of ether oxygens (including phenoxy) is 15. The lowest BCUT2D eigenvalue weighted by molar-refractivity contribution is -0.347. The van der Waals surface area contributed by atoms with Crippen molar-refractivity contribution >= 4 is 5.97 Å². The van der Waals surface area contributed by atoms with Gasteiger partial charge in [0.15, 0.2) is 17.4 Å². The topological polar surface area (TPSA) is 216 Å². The number of carbonyl (C=O) groups excluding carboxylic acids is 1. The van der Waals surface area contributed by atoms with Crippen LogP contribution >= 0.6 is 0 Å². The van der Waals surface area contributed by atoms with Crippen molar-refractivity contribution in [1.82, 2.24) is 0 Å². The first kappa shape index (κ1) is 54.0. The van der Waals surface area contributed by atoms with Crippen molar-refractivity contribution in [3.05, 3.63) is 24.3 Å². The van der Waals surface area contributed by atoms with E-state index in [4.69, 9.17) is 71.1 Å². The molecule has 19 heteroatoms. The van der Waals surface area contributed by atoms with Gasteiger partial charge < -0.3 is 86.4 Å². The van der Waals surface area contributed by atoms with Crippen LogP contribution in [0.3, 0.4) is 0 Å². The first-order valence-corrected chi connectivity index (χ1v) is 30.8. The van der Waals surface area contributed by atoms with Crippen LogP contribution in [0.15, 0.2) is 24.3 Å². The van der Waals surface area contributed by atoms with E-state index in [0.29, 0.717) is 64.2 Å². The first-order chi connectivity index (χ1) is 38.0. The highest BCUT2D eigenvalue weighted by atomic mass is 16.8. The molecule has 79 heavy (non-hydrogen) atoms. The lowest BCUT2D eigenvalue weighted by Gasteiger charge is -2.50. The molecule has 0 saturated carbocycles. The van der Waals surface area contributed by atoms with Crippen molar-refractivity contribution in [2.45, 2.75) is 313 Å². The van der Waals surface area contributed by atoms with Crippen LogP contribution in [0.4, 0.5) is 0 Å². The maximum absolute atomic E-state index is 14.6. The van der Waals surface area contributed by atoms with Crippen LogP contribution in [-0.2, 0) is 75.8 Å². The molecule has 3 spiro atoms. The Bertz CT molecular complexity index is 2340. The van der Waals surface area contributed by atoms with Crippen LogP contribution in [0, 0.1) is 23.7 Å². The van der Waals surface area contributed by atoms with Gasteiger partial charge in [0.2, 0.25) is 0 Å². The fraction of sp³-hybridized carbons (Fsp3) is 0.917. The van der Waals surface area contributed by atoms with Gasteiger partial charge in [0.05, 0.1) is 129 Å². The summed E-state index contributed by atoms with van der Waals surface area (Å²) in [6.45, 7) is 17.4. The van der Waals surface area contributed by atoms with Gasteiger partial charge in [0.25, 0.3) is 0 Å². The molecule has 2 unspecified atom stereocenters. The van der Waals surface area contributed by atoms with Crippen LogP contribution in [-0.4, -0.2) is 198 Å². The van der Waals surface area contributed by atoms with Crippen molar-refractivity contribution in [1.29, 1.82) is 0 Å². The molecule has 19 nitrogen and oxygen atoms in total. The van der Waals surface area contributed by atoms with Crippen molar-refractivity contribution in [3.63, 3.8) is 0 Å². The Morgan fingerprint density at radius 2 is 1.18 bits per heavy atom. The van der Waals surface area contributed by atoms with Gasteiger partial charge in [-0.05, 0) is 73.8 Å². The molecule has 0 radical (unpaired) electrons. The van der Waals surface area contributed by atoms with Gasteiger partial charge in [-0.2, -0.15) is 0 Å². The highest BCUT2D eigenvalue weighted by Gasteiger charge is 2.70. The number of hydrogen-bond acceptors (Lipinski definition) is 19. The number of hydrogen-bond donors (Lipinski definition) is 3. The summed E-state index contributed by atoms with van der Waals surface area (Å²) in [5.41, 5.74) is 2.15. The van der Waals surface area contributed by atoms with Gasteiger partial charge in [0, 0.05) is 70.1 Å². The van der Waals surface area contributed by atoms with Gasteiger partial charge in [-0.15, -0.1) is 0 Å². The Labute approximate surface area is 463 Å². The predicted octanol–water partition coefficient (Wildman–Crippen LogP) is 4.93. The Hall–Kier alpha value is -1.73. The van der Waals surface area contributed by atoms with Crippen LogP contribution in [0.5, 0.6) is 0 Å². The zero-order valence-electron chi connectivity index (χ0n) is 46.5. The van der Waals surface area contributed by atoms with Crippen molar-refractivity contribution in [2.75, 3.05) is 6.61 Å². The fourth-order valence-corrected chi connectivity index (χ4v) is 18.2. The van der Waals surface area contributed by atoms with E-state index >= 15 is 0 Å². The summed E-state index contributed by atoms with van der Waals surface area (Å²) in [6, 6.07) is 0. The maximum atomic E-state index is 14.6. The molecule has 16 aliphatic heterocycles. The van der Waals surface area contributed by atoms with Crippen molar-refractivity contribution in [3.8, 4) is 0 Å². The normalized spacial score (nSPS) is 57.2. The van der Waals surface area contributed by atoms with Gasteiger partial charge in [-0.1, -0.05) is 40.9 Å². The van der Waals surface area contributed by atoms with Crippen molar-refractivity contribution < 1.29 is 91.2 Å². The number of fused-ring (bicyclic) bond motifs is 10. The molecule has 0 aromatic rings.